The van der Waals surface area contributed by atoms with Gasteiger partial charge in [-0.25, -0.2) is 0 Å². The van der Waals surface area contributed by atoms with Crippen LogP contribution in [0.15, 0.2) is 12.1 Å². The highest BCUT2D eigenvalue weighted by atomic mass is 32.1. The van der Waals surface area contributed by atoms with Crippen molar-refractivity contribution in [3.8, 4) is 0 Å². The van der Waals surface area contributed by atoms with Gasteiger partial charge in [-0.05, 0) is 57.2 Å². The van der Waals surface area contributed by atoms with Crippen LogP contribution in [0.25, 0.3) is 0 Å². The van der Waals surface area contributed by atoms with Crippen molar-refractivity contribution in [3.05, 3.63) is 21.9 Å². The highest BCUT2D eigenvalue weighted by molar-refractivity contribution is 7.12. The van der Waals surface area contributed by atoms with Crippen LogP contribution in [-0.2, 0) is 0 Å². The van der Waals surface area contributed by atoms with Crippen LogP contribution >= 0.6 is 11.3 Å². The normalized spacial score (nSPS) is 26.0. The lowest BCUT2D eigenvalue weighted by Crippen LogP contribution is -2.26. The minimum absolute atomic E-state index is 0.775. The molecule has 2 unspecified atom stereocenters. The maximum Gasteiger partial charge on any atom is 0.00796 e. The van der Waals surface area contributed by atoms with Crippen molar-refractivity contribution in [2.75, 3.05) is 6.54 Å². The molecule has 1 aliphatic rings. The molecular weight excluding hydrogens is 202 g/mol. The van der Waals surface area contributed by atoms with E-state index in [-0.39, 0.29) is 0 Å². The second-order valence-electron chi connectivity index (χ2n) is 4.61. The van der Waals surface area contributed by atoms with Gasteiger partial charge in [-0.3, -0.25) is 0 Å². The summed E-state index contributed by atoms with van der Waals surface area (Å²) >= 11 is 1.98. The SMILES string of the molecule is CCCNC1CCC(c2ccc(C)s2)C1. The fourth-order valence-corrected chi connectivity index (χ4v) is 3.47. The molecule has 84 valence electrons. The average Bonchev–Trinajstić information content (AvgIpc) is 2.83. The van der Waals surface area contributed by atoms with Gasteiger partial charge in [0.25, 0.3) is 0 Å². The molecule has 1 aliphatic carbocycles. The molecule has 1 saturated carbocycles. The van der Waals surface area contributed by atoms with Gasteiger partial charge < -0.3 is 5.32 Å². The van der Waals surface area contributed by atoms with Crippen molar-refractivity contribution in [1.82, 2.24) is 5.32 Å². The average molecular weight is 223 g/mol. The van der Waals surface area contributed by atoms with Crippen LogP contribution in [0.5, 0.6) is 0 Å². The van der Waals surface area contributed by atoms with Gasteiger partial charge in [0.1, 0.15) is 0 Å². The van der Waals surface area contributed by atoms with E-state index in [9.17, 15) is 0 Å². The molecule has 1 aromatic heterocycles. The standard InChI is InChI=1S/C13H21NS/c1-3-8-14-12-6-5-11(9-12)13-7-4-10(2)15-13/h4,7,11-12,14H,3,5-6,8-9H2,1-2H3. The van der Waals surface area contributed by atoms with Gasteiger partial charge in [0, 0.05) is 15.8 Å². The van der Waals surface area contributed by atoms with Gasteiger partial charge in [-0.15, -0.1) is 11.3 Å². The Morgan fingerprint density at radius 2 is 2.27 bits per heavy atom. The van der Waals surface area contributed by atoms with E-state index in [1.54, 1.807) is 4.88 Å². The van der Waals surface area contributed by atoms with Gasteiger partial charge in [0.15, 0.2) is 0 Å². The van der Waals surface area contributed by atoms with E-state index in [1.165, 1.54) is 37.1 Å². The first-order valence-electron chi connectivity index (χ1n) is 6.09. The minimum Gasteiger partial charge on any atom is -0.314 e. The quantitative estimate of drug-likeness (QED) is 0.821. The predicted molar refractivity (Wildman–Crippen MR) is 67.7 cm³/mol. The van der Waals surface area contributed by atoms with Crippen LogP contribution < -0.4 is 5.32 Å². The Kier molecular flexibility index (Phi) is 3.81. The first-order chi connectivity index (χ1) is 7.29. The van der Waals surface area contributed by atoms with E-state index in [4.69, 9.17) is 0 Å². The fraction of sp³-hybridized carbons (Fsp3) is 0.692. The zero-order chi connectivity index (χ0) is 10.7. The van der Waals surface area contributed by atoms with Crippen molar-refractivity contribution in [2.45, 2.75) is 51.5 Å². The number of rotatable bonds is 4. The molecule has 1 aromatic rings. The molecule has 2 rings (SSSR count). The smallest absolute Gasteiger partial charge is 0.00796 e. The molecule has 0 aliphatic heterocycles. The van der Waals surface area contributed by atoms with E-state index < -0.39 is 0 Å². The molecule has 0 bridgehead atoms. The predicted octanol–water partition coefficient (Wildman–Crippen LogP) is 3.69. The molecule has 0 radical (unpaired) electrons. The Balaban J connectivity index is 1.87. The number of aryl methyl sites for hydroxylation is 1. The molecular formula is C13H21NS. The van der Waals surface area contributed by atoms with Crippen molar-refractivity contribution in [1.29, 1.82) is 0 Å². The summed E-state index contributed by atoms with van der Waals surface area (Å²) in [5.41, 5.74) is 0. The van der Waals surface area contributed by atoms with Gasteiger partial charge in [-0.1, -0.05) is 6.92 Å². The summed E-state index contributed by atoms with van der Waals surface area (Å²) in [6.45, 7) is 5.62. The highest BCUT2D eigenvalue weighted by Crippen LogP contribution is 2.37. The van der Waals surface area contributed by atoms with E-state index in [0.29, 0.717) is 0 Å². The zero-order valence-electron chi connectivity index (χ0n) is 9.75. The maximum absolute atomic E-state index is 3.64. The maximum atomic E-state index is 3.64. The van der Waals surface area contributed by atoms with Crippen LogP contribution in [0, 0.1) is 6.92 Å². The number of nitrogens with one attached hydrogen (secondary N) is 1. The van der Waals surface area contributed by atoms with Crippen LogP contribution in [0.1, 0.15) is 48.3 Å². The van der Waals surface area contributed by atoms with Crippen molar-refractivity contribution < 1.29 is 0 Å². The van der Waals surface area contributed by atoms with Crippen LogP contribution in [0.3, 0.4) is 0 Å². The second-order valence-corrected chi connectivity index (χ2v) is 5.93. The Morgan fingerprint density at radius 1 is 1.40 bits per heavy atom. The molecule has 0 spiro atoms. The van der Waals surface area contributed by atoms with Crippen LogP contribution in [-0.4, -0.2) is 12.6 Å². The molecule has 1 fully saturated rings. The van der Waals surface area contributed by atoms with E-state index in [0.717, 1.165) is 12.0 Å². The van der Waals surface area contributed by atoms with Crippen LogP contribution in [0.4, 0.5) is 0 Å². The summed E-state index contributed by atoms with van der Waals surface area (Å²) in [5.74, 6) is 0.832. The zero-order valence-corrected chi connectivity index (χ0v) is 10.6. The molecule has 1 N–H and O–H groups in total. The van der Waals surface area contributed by atoms with E-state index in [1.807, 2.05) is 11.3 Å². The molecule has 0 aromatic carbocycles. The topological polar surface area (TPSA) is 12.0 Å². The second kappa shape index (κ2) is 5.13. The third kappa shape index (κ3) is 2.82. The number of thiophene rings is 1. The Hall–Kier alpha value is -0.340. The lowest BCUT2D eigenvalue weighted by atomic mass is 10.1. The third-order valence-electron chi connectivity index (χ3n) is 3.28. The molecule has 1 nitrogen and oxygen atoms in total. The Morgan fingerprint density at radius 3 is 2.93 bits per heavy atom. The lowest BCUT2D eigenvalue weighted by molar-refractivity contribution is 0.518. The molecule has 2 atom stereocenters. The fourth-order valence-electron chi connectivity index (χ4n) is 2.45. The summed E-state index contributed by atoms with van der Waals surface area (Å²) in [6.07, 6.45) is 5.34. The van der Waals surface area contributed by atoms with Crippen molar-refractivity contribution in [2.24, 2.45) is 0 Å². The highest BCUT2D eigenvalue weighted by Gasteiger charge is 2.25. The molecule has 1 heterocycles. The molecule has 0 saturated heterocycles. The van der Waals surface area contributed by atoms with Crippen LogP contribution in [0.2, 0.25) is 0 Å². The number of hydrogen-bond acceptors (Lipinski definition) is 2. The molecule has 15 heavy (non-hydrogen) atoms. The summed E-state index contributed by atoms with van der Waals surface area (Å²) < 4.78 is 0. The summed E-state index contributed by atoms with van der Waals surface area (Å²) in [7, 11) is 0. The van der Waals surface area contributed by atoms with E-state index in [2.05, 4.69) is 31.3 Å². The summed E-state index contributed by atoms with van der Waals surface area (Å²) in [4.78, 5) is 3.06. The monoisotopic (exact) mass is 223 g/mol. The minimum atomic E-state index is 0.775. The van der Waals surface area contributed by atoms with Gasteiger partial charge in [0.05, 0.1) is 0 Å². The Bertz CT molecular complexity index is 305. The Labute approximate surface area is 96.9 Å². The van der Waals surface area contributed by atoms with Gasteiger partial charge >= 0.3 is 0 Å². The molecule has 0 amide bonds. The van der Waals surface area contributed by atoms with Gasteiger partial charge in [-0.2, -0.15) is 0 Å². The van der Waals surface area contributed by atoms with Crippen molar-refractivity contribution >= 4 is 11.3 Å². The van der Waals surface area contributed by atoms with E-state index >= 15 is 0 Å². The first kappa shape index (κ1) is 11.2. The molecule has 2 heteroatoms. The first-order valence-corrected chi connectivity index (χ1v) is 6.91. The van der Waals surface area contributed by atoms with Crippen molar-refractivity contribution in [3.63, 3.8) is 0 Å². The largest absolute Gasteiger partial charge is 0.314 e. The lowest BCUT2D eigenvalue weighted by Gasteiger charge is -2.11. The summed E-state index contributed by atoms with van der Waals surface area (Å²) in [5, 5.41) is 3.64. The number of hydrogen-bond donors (Lipinski definition) is 1. The van der Waals surface area contributed by atoms with Gasteiger partial charge in [0.2, 0.25) is 0 Å². The summed E-state index contributed by atoms with van der Waals surface area (Å²) in [6, 6.07) is 5.36. The third-order valence-corrected chi connectivity index (χ3v) is 4.44.